The fourth-order valence-corrected chi connectivity index (χ4v) is 3.86. The first kappa shape index (κ1) is 20.6. The molecule has 31 heavy (non-hydrogen) atoms. The molecule has 4 aromatic rings. The van der Waals surface area contributed by atoms with Crippen molar-refractivity contribution >= 4 is 28.8 Å². The lowest BCUT2D eigenvalue weighted by Crippen LogP contribution is -2.26. The van der Waals surface area contributed by atoms with E-state index >= 15 is 0 Å². The third-order valence-electron chi connectivity index (χ3n) is 4.75. The molecular weight excluding hydrogens is 408 g/mol. The molecule has 0 unspecified atom stereocenters. The van der Waals surface area contributed by atoms with Crippen molar-refractivity contribution < 1.29 is 9.59 Å². The van der Waals surface area contributed by atoms with Gasteiger partial charge in [-0.05, 0) is 35.2 Å². The van der Waals surface area contributed by atoms with Crippen LogP contribution in [0.3, 0.4) is 0 Å². The number of carbonyl (C=O) groups is 2. The molecule has 0 saturated carbocycles. The third-order valence-corrected chi connectivity index (χ3v) is 5.62. The molecule has 2 amide bonds. The maximum Gasteiger partial charge on any atom is 0.265 e. The summed E-state index contributed by atoms with van der Waals surface area (Å²) >= 11 is 1.37. The van der Waals surface area contributed by atoms with Crippen molar-refractivity contribution in [3.8, 4) is 0 Å². The van der Waals surface area contributed by atoms with E-state index in [1.807, 2.05) is 40.5 Å². The van der Waals surface area contributed by atoms with Crippen LogP contribution in [0.25, 0.3) is 0 Å². The van der Waals surface area contributed by atoms with E-state index < -0.39 is 0 Å². The Morgan fingerprint density at radius 2 is 1.87 bits per heavy atom. The van der Waals surface area contributed by atoms with Crippen LogP contribution in [-0.4, -0.2) is 33.5 Å². The number of thiophene rings is 1. The van der Waals surface area contributed by atoms with E-state index in [1.165, 1.54) is 16.9 Å². The van der Waals surface area contributed by atoms with Gasteiger partial charge in [-0.1, -0.05) is 42.5 Å². The van der Waals surface area contributed by atoms with Crippen LogP contribution in [0.2, 0.25) is 0 Å². The average molecular weight is 431 g/mol. The number of aromatic nitrogens is 2. The highest BCUT2D eigenvalue weighted by molar-refractivity contribution is 7.12. The predicted octanol–water partition coefficient (Wildman–Crippen LogP) is 4.52. The summed E-state index contributed by atoms with van der Waals surface area (Å²) < 4.78 is 1.86. The minimum atomic E-state index is -0.182. The van der Waals surface area contributed by atoms with Crippen LogP contribution in [0, 0.1) is 0 Å². The summed E-state index contributed by atoms with van der Waals surface area (Å²) in [6.07, 6.45) is 3.73. The highest BCUT2D eigenvalue weighted by Crippen LogP contribution is 2.17. The van der Waals surface area contributed by atoms with Gasteiger partial charge in [-0.2, -0.15) is 5.10 Å². The molecule has 0 fully saturated rings. The molecule has 7 heteroatoms. The Morgan fingerprint density at radius 1 is 1.03 bits per heavy atom. The molecule has 2 heterocycles. The van der Waals surface area contributed by atoms with Gasteiger partial charge in [0.15, 0.2) is 0 Å². The van der Waals surface area contributed by atoms with Gasteiger partial charge in [-0.3, -0.25) is 14.3 Å². The second-order valence-corrected chi connectivity index (χ2v) is 8.15. The number of rotatable bonds is 7. The average Bonchev–Trinajstić information content (AvgIpc) is 3.47. The van der Waals surface area contributed by atoms with Crippen LogP contribution >= 0.6 is 11.3 Å². The lowest BCUT2D eigenvalue weighted by molar-refractivity contribution is 0.0784. The molecule has 4 rings (SSSR count). The summed E-state index contributed by atoms with van der Waals surface area (Å²) in [5.41, 5.74) is 3.23. The molecule has 0 saturated heterocycles. The summed E-state index contributed by atoms with van der Waals surface area (Å²) in [6, 6.07) is 20.7. The Morgan fingerprint density at radius 3 is 2.65 bits per heavy atom. The number of hydrogen-bond acceptors (Lipinski definition) is 4. The molecule has 0 aliphatic carbocycles. The predicted molar refractivity (Wildman–Crippen MR) is 122 cm³/mol. The topological polar surface area (TPSA) is 67.2 Å². The zero-order valence-electron chi connectivity index (χ0n) is 17.1. The number of anilines is 1. The second-order valence-electron chi connectivity index (χ2n) is 7.21. The highest BCUT2D eigenvalue weighted by atomic mass is 32.1. The normalized spacial score (nSPS) is 10.6. The smallest absolute Gasteiger partial charge is 0.265 e. The molecule has 0 spiro atoms. The number of nitrogens with one attached hydrogen (secondary N) is 1. The van der Waals surface area contributed by atoms with Crippen molar-refractivity contribution in [2.45, 2.75) is 13.1 Å². The summed E-state index contributed by atoms with van der Waals surface area (Å²) in [6.45, 7) is 1.13. The minimum absolute atomic E-state index is 0.122. The largest absolute Gasteiger partial charge is 0.337 e. The standard InChI is InChI=1S/C24H22N4O2S/c1-27(15-19-14-25-28(17-19)16-18-7-3-2-4-8-18)24(30)20-9-5-10-21(13-20)26-23(29)22-11-6-12-31-22/h2-14,17H,15-16H2,1H3,(H,26,29). The third kappa shape index (κ3) is 5.26. The van der Waals surface area contributed by atoms with Crippen LogP contribution in [0.15, 0.2) is 84.5 Å². The van der Waals surface area contributed by atoms with Crippen LogP contribution in [-0.2, 0) is 13.1 Å². The number of carbonyl (C=O) groups excluding carboxylic acids is 2. The molecule has 2 aromatic carbocycles. The SMILES string of the molecule is CN(Cc1cnn(Cc2ccccc2)c1)C(=O)c1cccc(NC(=O)c2cccs2)c1. The van der Waals surface area contributed by atoms with Crippen molar-refractivity contribution in [2.24, 2.45) is 0 Å². The number of amides is 2. The molecule has 0 bridgehead atoms. The Balaban J connectivity index is 1.38. The van der Waals surface area contributed by atoms with Crippen molar-refractivity contribution in [2.75, 3.05) is 12.4 Å². The minimum Gasteiger partial charge on any atom is -0.337 e. The molecule has 156 valence electrons. The molecular formula is C24H22N4O2S. The molecule has 0 aliphatic rings. The van der Waals surface area contributed by atoms with Crippen LogP contribution < -0.4 is 5.32 Å². The van der Waals surface area contributed by atoms with Gasteiger partial charge in [0, 0.05) is 36.6 Å². The molecule has 1 N–H and O–H groups in total. The molecule has 2 aromatic heterocycles. The van der Waals surface area contributed by atoms with Gasteiger partial charge in [-0.25, -0.2) is 0 Å². The summed E-state index contributed by atoms with van der Waals surface area (Å²) in [7, 11) is 1.76. The highest BCUT2D eigenvalue weighted by Gasteiger charge is 2.15. The fourth-order valence-electron chi connectivity index (χ4n) is 3.24. The Hall–Kier alpha value is -3.71. The Kier molecular flexibility index (Phi) is 6.24. The zero-order valence-corrected chi connectivity index (χ0v) is 17.9. The monoisotopic (exact) mass is 430 g/mol. The molecule has 0 atom stereocenters. The number of nitrogens with zero attached hydrogens (tertiary/aromatic N) is 3. The van der Waals surface area contributed by atoms with Crippen molar-refractivity contribution in [3.05, 3.63) is 106 Å². The van der Waals surface area contributed by atoms with Crippen molar-refractivity contribution in [3.63, 3.8) is 0 Å². The van der Waals surface area contributed by atoms with Gasteiger partial charge in [-0.15, -0.1) is 11.3 Å². The first-order valence-corrected chi connectivity index (χ1v) is 10.7. The van der Waals surface area contributed by atoms with Crippen LogP contribution in [0.1, 0.15) is 31.2 Å². The van der Waals surface area contributed by atoms with Gasteiger partial charge < -0.3 is 10.2 Å². The van der Waals surface area contributed by atoms with Gasteiger partial charge in [0.25, 0.3) is 11.8 Å². The van der Waals surface area contributed by atoms with Crippen LogP contribution in [0.4, 0.5) is 5.69 Å². The number of hydrogen-bond donors (Lipinski definition) is 1. The van der Waals surface area contributed by atoms with E-state index in [0.717, 1.165) is 5.56 Å². The van der Waals surface area contributed by atoms with E-state index in [0.29, 0.717) is 29.2 Å². The van der Waals surface area contributed by atoms with Gasteiger partial charge in [0.2, 0.25) is 0 Å². The fraction of sp³-hybridized carbons (Fsp3) is 0.125. The van der Waals surface area contributed by atoms with E-state index in [9.17, 15) is 9.59 Å². The summed E-state index contributed by atoms with van der Waals surface area (Å²) in [5.74, 6) is -0.304. The van der Waals surface area contributed by atoms with E-state index in [-0.39, 0.29) is 11.8 Å². The quantitative estimate of drug-likeness (QED) is 0.469. The summed E-state index contributed by atoms with van der Waals surface area (Å²) in [4.78, 5) is 27.4. The Labute approximate surface area is 184 Å². The summed E-state index contributed by atoms with van der Waals surface area (Å²) in [5, 5.41) is 9.10. The maximum atomic E-state index is 12.9. The van der Waals surface area contributed by atoms with Gasteiger partial charge in [0.05, 0.1) is 17.6 Å². The van der Waals surface area contributed by atoms with Gasteiger partial charge >= 0.3 is 0 Å². The van der Waals surface area contributed by atoms with Crippen LogP contribution in [0.5, 0.6) is 0 Å². The lowest BCUT2D eigenvalue weighted by atomic mass is 10.1. The van der Waals surface area contributed by atoms with E-state index in [1.54, 1.807) is 48.5 Å². The second kappa shape index (κ2) is 9.40. The molecule has 0 radical (unpaired) electrons. The Bertz CT molecular complexity index is 1170. The maximum absolute atomic E-state index is 12.9. The zero-order chi connectivity index (χ0) is 21.6. The molecule has 0 aliphatic heterocycles. The lowest BCUT2D eigenvalue weighted by Gasteiger charge is -2.17. The van der Waals surface area contributed by atoms with E-state index in [2.05, 4.69) is 22.5 Å². The molecule has 6 nitrogen and oxygen atoms in total. The van der Waals surface area contributed by atoms with Gasteiger partial charge in [0.1, 0.15) is 0 Å². The first-order chi connectivity index (χ1) is 15.1. The van der Waals surface area contributed by atoms with E-state index in [4.69, 9.17) is 0 Å². The van der Waals surface area contributed by atoms with Crippen molar-refractivity contribution in [1.82, 2.24) is 14.7 Å². The number of benzene rings is 2. The first-order valence-electron chi connectivity index (χ1n) is 9.84. The van der Waals surface area contributed by atoms with Crippen molar-refractivity contribution in [1.29, 1.82) is 0 Å².